The average Bonchev–Trinajstić information content (AvgIpc) is 3.66. The predicted molar refractivity (Wildman–Crippen MR) is 148 cm³/mol. The molecule has 0 radical (unpaired) electrons. The van der Waals surface area contributed by atoms with E-state index in [-0.39, 0.29) is 17.9 Å². The van der Waals surface area contributed by atoms with Crippen LogP contribution in [0, 0.1) is 0 Å². The summed E-state index contributed by atoms with van der Waals surface area (Å²) in [5.41, 5.74) is 0.898. The van der Waals surface area contributed by atoms with Crippen molar-refractivity contribution in [1.29, 1.82) is 0 Å². The average molecular weight is 543 g/mol. The molecule has 3 amide bonds. The molecule has 11 heteroatoms. The maximum absolute atomic E-state index is 11.7. The predicted octanol–water partition coefficient (Wildman–Crippen LogP) is 1.91. The Morgan fingerprint density at radius 3 is 2.46 bits per heavy atom. The van der Waals surface area contributed by atoms with E-state index in [0.29, 0.717) is 57.6 Å². The summed E-state index contributed by atoms with van der Waals surface area (Å²) < 4.78 is 5.35. The fourth-order valence-electron chi connectivity index (χ4n) is 4.51. The number of amides is 3. The molecule has 2 aliphatic heterocycles. The first-order valence-corrected chi connectivity index (χ1v) is 13.4. The molecule has 3 atom stereocenters. The van der Waals surface area contributed by atoms with E-state index in [0.717, 1.165) is 37.0 Å². The van der Waals surface area contributed by atoms with Crippen LogP contribution in [0.2, 0.25) is 0 Å². The van der Waals surface area contributed by atoms with E-state index in [2.05, 4.69) is 34.4 Å². The zero-order valence-electron chi connectivity index (χ0n) is 23.2. The summed E-state index contributed by atoms with van der Waals surface area (Å²) in [6, 6.07) is 10.1. The number of hydrogen-bond donors (Lipinski definition) is 3. The lowest BCUT2D eigenvalue weighted by atomic mass is 10.2. The topological polar surface area (TPSA) is 137 Å². The van der Waals surface area contributed by atoms with Crippen molar-refractivity contribution in [1.82, 2.24) is 30.4 Å². The van der Waals surface area contributed by atoms with Crippen LogP contribution in [0.5, 0.6) is 5.75 Å². The molecule has 2 saturated heterocycles. The van der Waals surface area contributed by atoms with Crippen molar-refractivity contribution in [2.75, 3.05) is 26.7 Å². The molecule has 3 heterocycles. The lowest BCUT2D eigenvalue weighted by Crippen LogP contribution is -2.42. The van der Waals surface area contributed by atoms with Crippen molar-refractivity contribution in [3.63, 3.8) is 0 Å². The standard InChI is InChI=1S/C10H12O2.C9H12N4O2.C9H18N2O/c11-8-4-5-9-12-10-6-2-1-3-7-10;14-6-12-8-1-2-13(9(8)15)4-7-3-10-5-11-7;1-7-4-5-8(2)11(7)9(12)6-10-3/h1-3,6-8H,4-5,9H2;3,5-6,8H,1-2,4H2,(H,10,11)(H,12,14);7-8,10H,4-6H2,1-3H3. The summed E-state index contributed by atoms with van der Waals surface area (Å²) >= 11 is 0. The highest BCUT2D eigenvalue weighted by Crippen LogP contribution is 2.23. The number of carbonyl (C=O) groups excluding carboxylic acids is 4. The highest BCUT2D eigenvalue weighted by molar-refractivity contribution is 5.85. The fourth-order valence-corrected chi connectivity index (χ4v) is 4.51. The molecule has 0 bridgehead atoms. The molecular weight excluding hydrogens is 500 g/mol. The number of unbranched alkanes of at least 4 members (excludes halogenated alkanes) is 1. The zero-order valence-corrected chi connectivity index (χ0v) is 23.2. The second kappa shape index (κ2) is 17.7. The van der Waals surface area contributed by atoms with Gasteiger partial charge < -0.3 is 34.9 Å². The van der Waals surface area contributed by atoms with Gasteiger partial charge in [0, 0.05) is 31.2 Å². The van der Waals surface area contributed by atoms with E-state index in [1.165, 1.54) is 0 Å². The molecule has 1 aromatic heterocycles. The van der Waals surface area contributed by atoms with Gasteiger partial charge in [-0.1, -0.05) is 18.2 Å². The smallest absolute Gasteiger partial charge is 0.245 e. The van der Waals surface area contributed by atoms with Gasteiger partial charge in [-0.15, -0.1) is 0 Å². The second-order valence-electron chi connectivity index (χ2n) is 9.54. The minimum absolute atomic E-state index is 0.0308. The first kappa shape index (κ1) is 31.5. The van der Waals surface area contributed by atoms with Crippen LogP contribution in [0.3, 0.4) is 0 Å². The molecule has 39 heavy (non-hydrogen) atoms. The number of rotatable bonds is 11. The van der Waals surface area contributed by atoms with Crippen LogP contribution in [-0.4, -0.2) is 89.1 Å². The van der Waals surface area contributed by atoms with Gasteiger partial charge >= 0.3 is 0 Å². The molecule has 0 spiro atoms. The van der Waals surface area contributed by atoms with E-state index in [1.807, 2.05) is 42.3 Å². The lowest BCUT2D eigenvalue weighted by Gasteiger charge is -2.26. The van der Waals surface area contributed by atoms with Crippen LogP contribution in [0.1, 0.15) is 51.6 Å². The molecule has 214 valence electrons. The molecule has 0 saturated carbocycles. The maximum Gasteiger partial charge on any atom is 0.245 e. The molecular formula is C28H42N6O5. The van der Waals surface area contributed by atoms with E-state index >= 15 is 0 Å². The van der Waals surface area contributed by atoms with Gasteiger partial charge in [-0.2, -0.15) is 0 Å². The van der Waals surface area contributed by atoms with Crippen molar-refractivity contribution in [3.05, 3.63) is 48.5 Å². The minimum Gasteiger partial charge on any atom is -0.494 e. The lowest BCUT2D eigenvalue weighted by molar-refractivity contribution is -0.132. The molecule has 4 rings (SSSR count). The second-order valence-corrected chi connectivity index (χ2v) is 9.54. The third-order valence-electron chi connectivity index (χ3n) is 6.53. The monoisotopic (exact) mass is 542 g/mol. The molecule has 0 aliphatic carbocycles. The van der Waals surface area contributed by atoms with E-state index in [1.54, 1.807) is 17.4 Å². The van der Waals surface area contributed by atoms with Gasteiger partial charge in [0.15, 0.2) is 0 Å². The van der Waals surface area contributed by atoms with E-state index in [9.17, 15) is 19.2 Å². The summed E-state index contributed by atoms with van der Waals surface area (Å²) in [5, 5.41) is 5.40. The maximum atomic E-state index is 11.7. The molecule has 2 aliphatic rings. The van der Waals surface area contributed by atoms with Crippen LogP contribution in [-0.2, 0) is 25.7 Å². The van der Waals surface area contributed by atoms with Gasteiger partial charge in [-0.25, -0.2) is 4.98 Å². The normalized spacial score (nSPS) is 19.9. The first-order chi connectivity index (χ1) is 18.9. The highest BCUT2D eigenvalue weighted by Gasteiger charge is 2.31. The summed E-state index contributed by atoms with van der Waals surface area (Å²) in [7, 11) is 1.81. The molecule has 3 N–H and O–H groups in total. The SMILES string of the molecule is CNCC(=O)N1C(C)CCC1C.O=CCCCOc1ccccc1.O=CNC1CCN(Cc2cnc[nH]2)C1=O. The highest BCUT2D eigenvalue weighted by atomic mass is 16.5. The quantitative estimate of drug-likeness (QED) is 0.291. The Balaban J connectivity index is 0.000000207. The number of ether oxygens (including phenoxy) is 1. The number of benzene rings is 1. The first-order valence-electron chi connectivity index (χ1n) is 13.4. The van der Waals surface area contributed by atoms with Gasteiger partial charge in [-0.3, -0.25) is 14.4 Å². The van der Waals surface area contributed by atoms with Crippen LogP contribution in [0.15, 0.2) is 42.9 Å². The Kier molecular flexibility index (Phi) is 14.3. The largest absolute Gasteiger partial charge is 0.494 e. The number of aromatic amines is 1. The Morgan fingerprint density at radius 1 is 1.15 bits per heavy atom. The number of aldehydes is 1. The Bertz CT molecular complexity index is 978. The van der Waals surface area contributed by atoms with E-state index < -0.39 is 0 Å². The van der Waals surface area contributed by atoms with Gasteiger partial charge in [-0.05, 0) is 58.7 Å². The van der Waals surface area contributed by atoms with Crippen molar-refractivity contribution < 1.29 is 23.9 Å². The number of hydrogen-bond acceptors (Lipinski definition) is 7. The van der Waals surface area contributed by atoms with Crippen molar-refractivity contribution in [2.45, 2.75) is 70.6 Å². The summed E-state index contributed by atoms with van der Waals surface area (Å²) in [6.07, 6.45) is 9.09. The molecule has 11 nitrogen and oxygen atoms in total. The molecule has 3 unspecified atom stereocenters. The van der Waals surface area contributed by atoms with Gasteiger partial charge in [0.1, 0.15) is 18.1 Å². The number of imidazole rings is 1. The Labute approximate surface area is 230 Å². The Hall–Kier alpha value is -3.73. The van der Waals surface area contributed by atoms with Gasteiger partial charge in [0.25, 0.3) is 0 Å². The Morgan fingerprint density at radius 2 is 1.87 bits per heavy atom. The van der Waals surface area contributed by atoms with Crippen molar-refractivity contribution in [3.8, 4) is 5.75 Å². The van der Waals surface area contributed by atoms with Crippen LogP contribution in [0.25, 0.3) is 0 Å². The van der Waals surface area contributed by atoms with Crippen molar-refractivity contribution in [2.24, 2.45) is 0 Å². The zero-order chi connectivity index (χ0) is 28.5. The number of nitrogens with one attached hydrogen (secondary N) is 3. The van der Waals surface area contributed by atoms with Gasteiger partial charge in [0.05, 0.1) is 31.7 Å². The summed E-state index contributed by atoms with van der Waals surface area (Å²) in [6.45, 7) is 6.52. The number of para-hydroxylation sites is 1. The number of nitrogens with zero attached hydrogens (tertiary/aromatic N) is 3. The number of H-pyrrole nitrogens is 1. The number of carbonyl (C=O) groups is 4. The number of likely N-dealkylation sites (tertiary alicyclic amines) is 2. The van der Waals surface area contributed by atoms with Crippen LogP contribution in [0.4, 0.5) is 0 Å². The molecule has 2 aromatic rings. The number of aromatic nitrogens is 2. The summed E-state index contributed by atoms with van der Waals surface area (Å²) in [5.74, 6) is 1.06. The van der Waals surface area contributed by atoms with E-state index in [4.69, 9.17) is 4.74 Å². The molecule has 1 aromatic carbocycles. The number of likely N-dealkylation sites (N-methyl/N-ethyl adjacent to an activating group) is 1. The van der Waals surface area contributed by atoms with Gasteiger partial charge in [0.2, 0.25) is 18.2 Å². The van der Waals surface area contributed by atoms with Crippen LogP contribution >= 0.6 is 0 Å². The third kappa shape index (κ3) is 10.9. The fraction of sp³-hybridized carbons (Fsp3) is 0.536. The van der Waals surface area contributed by atoms with Crippen molar-refractivity contribution >= 4 is 24.5 Å². The third-order valence-corrected chi connectivity index (χ3v) is 6.53. The summed E-state index contributed by atoms with van der Waals surface area (Å²) in [4.78, 5) is 53.9. The minimum atomic E-state index is -0.356. The molecule has 2 fully saturated rings. The van der Waals surface area contributed by atoms with Crippen LogP contribution < -0.4 is 15.4 Å².